The molecule has 4 atom stereocenters. The van der Waals surface area contributed by atoms with E-state index in [1.165, 1.54) is 0 Å². The Morgan fingerprint density at radius 1 is 0.976 bits per heavy atom. The van der Waals surface area contributed by atoms with Gasteiger partial charge < -0.3 is 30.2 Å². The molecule has 11 nitrogen and oxygen atoms in total. The van der Waals surface area contributed by atoms with Gasteiger partial charge in [0.25, 0.3) is 0 Å². The van der Waals surface area contributed by atoms with E-state index in [1.807, 2.05) is 18.7 Å². The molecule has 0 aliphatic carbocycles. The van der Waals surface area contributed by atoms with Crippen LogP contribution in [0.4, 0.5) is 8.78 Å². The highest BCUT2D eigenvalue weighted by Crippen LogP contribution is 2.29. The smallest absolute Gasteiger partial charge is 0.345 e. The summed E-state index contributed by atoms with van der Waals surface area (Å²) in [5.74, 6) is -2.25. The number of epoxide rings is 1. The molecule has 3 N–H and O–H groups in total. The van der Waals surface area contributed by atoms with Gasteiger partial charge in [0.1, 0.15) is 17.7 Å². The first-order valence-corrected chi connectivity index (χ1v) is 13.8. The molecule has 0 bridgehead atoms. The first-order valence-electron chi connectivity index (χ1n) is 13.8. The quantitative estimate of drug-likeness (QED) is 0.242. The second kappa shape index (κ2) is 15.3. The number of carbonyl (C=O) groups excluding carboxylic acids is 4. The van der Waals surface area contributed by atoms with Crippen LogP contribution in [-0.2, 0) is 39.8 Å². The maximum absolute atomic E-state index is 13.5. The standard InChI is InChI=1S/C28H40F2N4O7/c1-18(2)13-20(24(36)28(3)17-41-28)32-25(37)21(14-19-7-5-4-6-8-19)33-26(38)22(16-40-27(29)30)31-23(35)15-34-9-11-39-12-10-34/h4-8,18,20-22,27H,9-17H2,1-3H3,(H,31,35)(H,32,37)(H,33,38)/t20-,21-,22-,28-/m0/s1. The first-order chi connectivity index (χ1) is 19.5. The highest BCUT2D eigenvalue weighted by Gasteiger charge is 2.50. The Morgan fingerprint density at radius 3 is 2.17 bits per heavy atom. The van der Waals surface area contributed by atoms with Crippen LogP contribution < -0.4 is 16.0 Å². The molecule has 2 fully saturated rings. The van der Waals surface area contributed by atoms with E-state index in [4.69, 9.17) is 9.47 Å². The summed E-state index contributed by atoms with van der Waals surface area (Å²) in [6.07, 6.45) is 0.414. The van der Waals surface area contributed by atoms with Crippen LogP contribution in [-0.4, -0.2) is 105 Å². The van der Waals surface area contributed by atoms with E-state index >= 15 is 0 Å². The molecule has 3 amide bonds. The summed E-state index contributed by atoms with van der Waals surface area (Å²) in [4.78, 5) is 54.4. The zero-order chi connectivity index (χ0) is 30.0. The third-order valence-electron chi connectivity index (χ3n) is 6.87. The molecule has 0 unspecified atom stereocenters. The van der Waals surface area contributed by atoms with Crippen molar-refractivity contribution in [3.63, 3.8) is 0 Å². The highest BCUT2D eigenvalue weighted by molar-refractivity contribution is 5.98. The van der Waals surface area contributed by atoms with Crippen molar-refractivity contribution in [2.75, 3.05) is 46.1 Å². The fraction of sp³-hybridized carbons (Fsp3) is 0.643. The van der Waals surface area contributed by atoms with Gasteiger partial charge in [-0.25, -0.2) is 0 Å². The summed E-state index contributed by atoms with van der Waals surface area (Å²) in [5, 5.41) is 7.79. The lowest BCUT2D eigenvalue weighted by molar-refractivity contribution is -0.148. The van der Waals surface area contributed by atoms with Gasteiger partial charge in [0.05, 0.1) is 39.0 Å². The summed E-state index contributed by atoms with van der Waals surface area (Å²) < 4.78 is 40.7. The van der Waals surface area contributed by atoms with Crippen LogP contribution in [0.2, 0.25) is 0 Å². The Morgan fingerprint density at radius 2 is 1.59 bits per heavy atom. The van der Waals surface area contributed by atoms with Crippen LogP contribution in [0.3, 0.4) is 0 Å². The number of hydrogen-bond donors (Lipinski definition) is 3. The molecule has 0 saturated carbocycles. The number of alkyl halides is 2. The summed E-state index contributed by atoms with van der Waals surface area (Å²) in [7, 11) is 0. The summed E-state index contributed by atoms with van der Waals surface area (Å²) in [5.41, 5.74) is -0.248. The predicted octanol–water partition coefficient (Wildman–Crippen LogP) is 0.659. The van der Waals surface area contributed by atoms with Crippen molar-refractivity contribution in [2.24, 2.45) is 5.92 Å². The lowest BCUT2D eigenvalue weighted by atomic mass is 9.93. The van der Waals surface area contributed by atoms with Crippen molar-refractivity contribution in [3.8, 4) is 0 Å². The van der Waals surface area contributed by atoms with Gasteiger partial charge in [-0.3, -0.25) is 24.1 Å². The molecule has 228 valence electrons. The minimum atomic E-state index is -3.17. The molecule has 2 saturated heterocycles. The van der Waals surface area contributed by atoms with Crippen molar-refractivity contribution in [1.29, 1.82) is 0 Å². The van der Waals surface area contributed by atoms with E-state index in [0.717, 1.165) is 0 Å². The van der Waals surface area contributed by atoms with Gasteiger partial charge >= 0.3 is 6.61 Å². The molecule has 1 aromatic rings. The number of ketones is 1. The minimum Gasteiger partial charge on any atom is -0.379 e. The Labute approximate surface area is 238 Å². The second-order valence-electron chi connectivity index (χ2n) is 10.9. The number of benzene rings is 1. The third-order valence-corrected chi connectivity index (χ3v) is 6.87. The topological polar surface area (TPSA) is 139 Å². The highest BCUT2D eigenvalue weighted by atomic mass is 19.3. The lowest BCUT2D eigenvalue weighted by Gasteiger charge is -2.28. The fourth-order valence-electron chi connectivity index (χ4n) is 4.48. The number of hydrogen-bond acceptors (Lipinski definition) is 8. The number of rotatable bonds is 16. The molecule has 1 aromatic carbocycles. The van der Waals surface area contributed by atoms with Gasteiger partial charge in [-0.15, -0.1) is 0 Å². The Bertz CT molecular complexity index is 1030. The van der Waals surface area contributed by atoms with Gasteiger partial charge in [0.15, 0.2) is 5.78 Å². The van der Waals surface area contributed by atoms with Crippen LogP contribution in [0.15, 0.2) is 30.3 Å². The summed E-state index contributed by atoms with van der Waals surface area (Å²) >= 11 is 0. The zero-order valence-electron chi connectivity index (χ0n) is 23.7. The number of Topliss-reactive ketones (excluding diaryl/α,β-unsaturated/α-hetero) is 1. The number of halogens is 2. The van der Waals surface area contributed by atoms with Crippen molar-refractivity contribution in [3.05, 3.63) is 35.9 Å². The van der Waals surface area contributed by atoms with Gasteiger partial charge in [0.2, 0.25) is 17.7 Å². The van der Waals surface area contributed by atoms with Crippen molar-refractivity contribution < 1.29 is 42.2 Å². The van der Waals surface area contributed by atoms with Crippen molar-refractivity contribution in [1.82, 2.24) is 20.9 Å². The van der Waals surface area contributed by atoms with Crippen LogP contribution in [0.1, 0.15) is 32.8 Å². The molecule has 2 aliphatic rings. The average molecular weight is 583 g/mol. The van der Waals surface area contributed by atoms with Crippen molar-refractivity contribution >= 4 is 23.5 Å². The van der Waals surface area contributed by atoms with Crippen molar-refractivity contribution in [2.45, 2.75) is 64.0 Å². The SMILES string of the molecule is CC(C)C[C@H](NC(=O)[C@H](Cc1ccccc1)NC(=O)[C@H](COC(F)F)NC(=O)CN1CCOCC1)C(=O)[C@]1(C)CO1. The van der Waals surface area contributed by atoms with E-state index in [-0.39, 0.29) is 31.3 Å². The van der Waals surface area contributed by atoms with Gasteiger partial charge in [-0.2, -0.15) is 8.78 Å². The molecule has 0 radical (unpaired) electrons. The van der Waals surface area contributed by atoms with E-state index in [2.05, 4.69) is 20.7 Å². The van der Waals surface area contributed by atoms with E-state index in [1.54, 1.807) is 37.3 Å². The van der Waals surface area contributed by atoms with E-state index < -0.39 is 54.7 Å². The zero-order valence-corrected chi connectivity index (χ0v) is 23.7. The fourth-order valence-corrected chi connectivity index (χ4v) is 4.48. The summed E-state index contributed by atoms with van der Waals surface area (Å²) in [6, 6.07) is 5.36. The summed E-state index contributed by atoms with van der Waals surface area (Å²) in [6.45, 7) is 3.65. The van der Waals surface area contributed by atoms with Gasteiger partial charge in [-0.1, -0.05) is 44.2 Å². The number of morpholine rings is 1. The largest absolute Gasteiger partial charge is 0.379 e. The molecule has 0 spiro atoms. The predicted molar refractivity (Wildman–Crippen MR) is 144 cm³/mol. The molecule has 2 aliphatic heterocycles. The monoisotopic (exact) mass is 582 g/mol. The minimum absolute atomic E-state index is 0.0545. The third kappa shape index (κ3) is 10.7. The average Bonchev–Trinajstić information content (AvgIpc) is 3.68. The number of nitrogens with one attached hydrogen (secondary N) is 3. The van der Waals surface area contributed by atoms with E-state index in [0.29, 0.717) is 38.3 Å². The maximum Gasteiger partial charge on any atom is 0.345 e. The molecule has 0 aromatic heterocycles. The lowest BCUT2D eigenvalue weighted by Crippen LogP contribution is -2.59. The molecule has 13 heteroatoms. The Balaban J connectivity index is 1.75. The van der Waals surface area contributed by atoms with Crippen LogP contribution in [0, 0.1) is 5.92 Å². The Kier molecular flexibility index (Phi) is 12.1. The second-order valence-corrected chi connectivity index (χ2v) is 10.9. The van der Waals surface area contributed by atoms with Crippen LogP contribution in [0.5, 0.6) is 0 Å². The molecule has 3 rings (SSSR count). The molecule has 2 heterocycles. The van der Waals surface area contributed by atoms with Crippen LogP contribution in [0.25, 0.3) is 0 Å². The molecular weight excluding hydrogens is 542 g/mol. The van der Waals surface area contributed by atoms with Gasteiger partial charge in [-0.05, 0) is 24.8 Å². The van der Waals surface area contributed by atoms with Crippen LogP contribution >= 0.6 is 0 Å². The first kappa shape index (κ1) is 32.5. The molecular formula is C28H40F2N4O7. The normalized spacial score (nSPS) is 21.1. The number of amides is 3. The van der Waals surface area contributed by atoms with Gasteiger partial charge in [0, 0.05) is 19.5 Å². The van der Waals surface area contributed by atoms with E-state index in [9.17, 15) is 28.0 Å². The number of carbonyl (C=O) groups is 4. The number of ether oxygens (including phenoxy) is 3. The number of nitrogens with zero attached hydrogens (tertiary/aromatic N) is 1. The maximum atomic E-state index is 13.5. The Hall–Kier alpha value is -3.00. The molecule has 41 heavy (non-hydrogen) atoms.